The lowest BCUT2D eigenvalue weighted by atomic mass is 10.2. The number of nitrogens with zero attached hydrogens (tertiary/aromatic N) is 1. The van der Waals surface area contributed by atoms with Gasteiger partial charge in [0.1, 0.15) is 4.88 Å². The minimum absolute atomic E-state index is 0.0188. The maximum absolute atomic E-state index is 11.4. The van der Waals surface area contributed by atoms with Crippen LogP contribution in [0.1, 0.15) is 29.4 Å². The number of rotatable bonds is 5. The average Bonchev–Trinajstić information content (AvgIpc) is 2.64. The largest absolute Gasteiger partial charge is 0.351 e. The lowest BCUT2D eigenvalue weighted by molar-refractivity contribution is 0.0957. The first-order chi connectivity index (χ1) is 6.70. The summed E-state index contributed by atoms with van der Waals surface area (Å²) in [6.07, 6.45) is 3.66. The fourth-order valence-electron chi connectivity index (χ4n) is 1.00. The van der Waals surface area contributed by atoms with Crippen molar-refractivity contribution in [2.45, 2.75) is 24.6 Å². The van der Waals surface area contributed by atoms with Crippen molar-refractivity contribution in [3.63, 3.8) is 0 Å². The quantitative estimate of drug-likeness (QED) is 0.663. The number of thiazole rings is 1. The molecule has 1 unspecified atom stereocenters. The Hall–Kier alpha value is -0.420. The van der Waals surface area contributed by atoms with Crippen LogP contribution in [0, 0.1) is 0 Å². The molecular weight excluding hydrogens is 264 g/mol. The fourth-order valence-corrected chi connectivity index (χ4v) is 1.86. The van der Waals surface area contributed by atoms with E-state index in [9.17, 15) is 4.79 Å². The summed E-state index contributed by atoms with van der Waals surface area (Å²) in [5.41, 5.74) is 1.66. The molecule has 0 aromatic carbocycles. The topological polar surface area (TPSA) is 42.0 Å². The third-order valence-electron chi connectivity index (χ3n) is 1.72. The minimum Gasteiger partial charge on any atom is -0.351 e. The Balaban J connectivity index is 2.16. The molecule has 1 atom stereocenters. The molecule has 0 aliphatic rings. The number of amides is 1. The van der Waals surface area contributed by atoms with Gasteiger partial charge >= 0.3 is 0 Å². The highest BCUT2D eigenvalue weighted by molar-refractivity contribution is 9.09. The smallest absolute Gasteiger partial charge is 0.262 e. The molecule has 5 heteroatoms. The van der Waals surface area contributed by atoms with Gasteiger partial charge < -0.3 is 5.32 Å². The molecule has 1 rings (SSSR count). The lowest BCUT2D eigenvalue weighted by Gasteiger charge is -2.04. The number of nitrogens with one attached hydrogen (secondary N) is 1. The van der Waals surface area contributed by atoms with E-state index in [0.717, 1.165) is 19.4 Å². The van der Waals surface area contributed by atoms with Gasteiger partial charge in [-0.15, -0.1) is 11.3 Å². The number of hydrogen-bond donors (Lipinski definition) is 1. The second-order valence-electron chi connectivity index (χ2n) is 3.04. The Bertz CT molecular complexity index is 274. The molecule has 1 aromatic rings. The molecule has 78 valence electrons. The summed E-state index contributed by atoms with van der Waals surface area (Å²) in [6, 6.07) is 0. The summed E-state index contributed by atoms with van der Waals surface area (Å²) >= 11 is 4.82. The van der Waals surface area contributed by atoms with Crippen molar-refractivity contribution in [2.75, 3.05) is 6.54 Å². The van der Waals surface area contributed by atoms with Gasteiger partial charge in [0.15, 0.2) is 0 Å². The number of aromatic nitrogens is 1. The first kappa shape index (κ1) is 11.7. The number of carbonyl (C=O) groups excluding carboxylic acids is 1. The number of carbonyl (C=O) groups is 1. The molecule has 0 bridgehead atoms. The van der Waals surface area contributed by atoms with Crippen molar-refractivity contribution < 1.29 is 4.79 Å². The number of alkyl halides is 1. The van der Waals surface area contributed by atoms with Crippen molar-refractivity contribution >= 4 is 33.2 Å². The lowest BCUT2D eigenvalue weighted by Crippen LogP contribution is -2.23. The Morgan fingerprint density at radius 2 is 2.57 bits per heavy atom. The Kier molecular flexibility index (Phi) is 5.11. The van der Waals surface area contributed by atoms with Crippen molar-refractivity contribution in [2.24, 2.45) is 0 Å². The normalized spacial score (nSPS) is 12.4. The summed E-state index contributed by atoms with van der Waals surface area (Å²) in [7, 11) is 0. The predicted molar refractivity (Wildman–Crippen MR) is 62.1 cm³/mol. The SMILES string of the molecule is CC(Br)CCCNC(=O)c1cncs1. The average molecular weight is 277 g/mol. The first-order valence-electron chi connectivity index (χ1n) is 4.51. The molecule has 0 aliphatic heterocycles. The van der Waals surface area contributed by atoms with Crippen LogP contribution in [0.4, 0.5) is 0 Å². The third kappa shape index (κ3) is 4.19. The van der Waals surface area contributed by atoms with Gasteiger partial charge in [0.05, 0.1) is 11.7 Å². The van der Waals surface area contributed by atoms with Gasteiger partial charge in [0, 0.05) is 11.4 Å². The predicted octanol–water partition coefficient (Wildman–Crippen LogP) is 2.44. The second kappa shape index (κ2) is 6.14. The number of hydrogen-bond acceptors (Lipinski definition) is 3. The van der Waals surface area contributed by atoms with Crippen LogP contribution in [-0.4, -0.2) is 22.3 Å². The molecule has 0 radical (unpaired) electrons. The Labute approximate surface area is 96.1 Å². The highest BCUT2D eigenvalue weighted by Crippen LogP contribution is 2.06. The summed E-state index contributed by atoms with van der Waals surface area (Å²) in [4.78, 5) is 16.4. The summed E-state index contributed by atoms with van der Waals surface area (Å²) in [6.45, 7) is 2.83. The summed E-state index contributed by atoms with van der Waals surface area (Å²) < 4.78 is 0. The molecule has 14 heavy (non-hydrogen) atoms. The molecule has 0 saturated heterocycles. The molecular formula is C9H13BrN2OS. The summed E-state index contributed by atoms with van der Waals surface area (Å²) in [5.74, 6) is -0.0188. The maximum atomic E-state index is 11.4. The molecule has 1 heterocycles. The van der Waals surface area contributed by atoms with Crippen molar-refractivity contribution in [3.8, 4) is 0 Å². The highest BCUT2D eigenvalue weighted by Gasteiger charge is 2.05. The van der Waals surface area contributed by atoms with Crippen LogP contribution in [0.15, 0.2) is 11.7 Å². The zero-order valence-electron chi connectivity index (χ0n) is 8.00. The molecule has 0 spiro atoms. The van der Waals surface area contributed by atoms with E-state index in [1.54, 1.807) is 11.7 Å². The zero-order chi connectivity index (χ0) is 10.4. The third-order valence-corrected chi connectivity index (χ3v) is 2.95. The first-order valence-corrected chi connectivity index (χ1v) is 6.30. The molecule has 1 amide bonds. The van der Waals surface area contributed by atoms with E-state index in [-0.39, 0.29) is 5.91 Å². The summed E-state index contributed by atoms with van der Waals surface area (Å²) in [5, 5.41) is 2.85. The highest BCUT2D eigenvalue weighted by atomic mass is 79.9. The van der Waals surface area contributed by atoms with E-state index < -0.39 is 0 Å². The van der Waals surface area contributed by atoms with E-state index in [1.807, 2.05) is 0 Å². The Morgan fingerprint density at radius 1 is 1.79 bits per heavy atom. The second-order valence-corrected chi connectivity index (χ2v) is 5.49. The van der Waals surface area contributed by atoms with Crippen LogP contribution in [0.5, 0.6) is 0 Å². The standard InChI is InChI=1S/C9H13BrN2OS/c1-7(10)3-2-4-12-9(13)8-5-11-6-14-8/h5-7H,2-4H2,1H3,(H,12,13). The van der Waals surface area contributed by atoms with Crippen molar-refractivity contribution in [3.05, 3.63) is 16.6 Å². The molecule has 0 saturated carbocycles. The molecule has 0 aliphatic carbocycles. The van der Waals surface area contributed by atoms with Gasteiger partial charge in [-0.1, -0.05) is 22.9 Å². The fraction of sp³-hybridized carbons (Fsp3) is 0.556. The van der Waals surface area contributed by atoms with Crippen LogP contribution in [0.3, 0.4) is 0 Å². The van der Waals surface area contributed by atoms with Gasteiger partial charge in [-0.25, -0.2) is 0 Å². The van der Waals surface area contributed by atoms with E-state index in [4.69, 9.17) is 0 Å². The Morgan fingerprint density at radius 3 is 3.14 bits per heavy atom. The van der Waals surface area contributed by atoms with E-state index in [2.05, 4.69) is 33.2 Å². The van der Waals surface area contributed by atoms with E-state index in [1.165, 1.54) is 11.3 Å². The molecule has 1 N–H and O–H groups in total. The van der Waals surface area contributed by atoms with Gasteiger partial charge in [-0.05, 0) is 12.8 Å². The minimum atomic E-state index is -0.0188. The van der Waals surface area contributed by atoms with Crippen LogP contribution in [0.2, 0.25) is 0 Å². The molecule has 3 nitrogen and oxygen atoms in total. The van der Waals surface area contributed by atoms with Crippen molar-refractivity contribution in [1.29, 1.82) is 0 Å². The van der Waals surface area contributed by atoms with E-state index >= 15 is 0 Å². The van der Waals surface area contributed by atoms with Crippen LogP contribution < -0.4 is 5.32 Å². The maximum Gasteiger partial charge on any atom is 0.262 e. The van der Waals surface area contributed by atoms with E-state index in [0.29, 0.717) is 9.70 Å². The zero-order valence-corrected chi connectivity index (χ0v) is 10.4. The van der Waals surface area contributed by atoms with Crippen molar-refractivity contribution in [1.82, 2.24) is 10.3 Å². The van der Waals surface area contributed by atoms with Gasteiger partial charge in [-0.2, -0.15) is 0 Å². The monoisotopic (exact) mass is 276 g/mol. The van der Waals surface area contributed by atoms with Gasteiger partial charge in [-0.3, -0.25) is 9.78 Å². The van der Waals surface area contributed by atoms with Gasteiger partial charge in [0.2, 0.25) is 0 Å². The van der Waals surface area contributed by atoms with Crippen LogP contribution >= 0.6 is 27.3 Å². The number of halogens is 1. The molecule has 1 aromatic heterocycles. The van der Waals surface area contributed by atoms with Gasteiger partial charge in [0.25, 0.3) is 5.91 Å². The molecule has 0 fully saturated rings. The van der Waals surface area contributed by atoms with Crippen LogP contribution in [-0.2, 0) is 0 Å². The van der Waals surface area contributed by atoms with Crippen LogP contribution in [0.25, 0.3) is 0 Å².